The van der Waals surface area contributed by atoms with E-state index in [1.54, 1.807) is 32.2 Å². The third-order valence-corrected chi connectivity index (χ3v) is 4.28. The summed E-state index contributed by atoms with van der Waals surface area (Å²) in [5.74, 6) is 1.30. The molecule has 3 rings (SSSR count). The van der Waals surface area contributed by atoms with Crippen LogP contribution in [-0.2, 0) is 0 Å². The summed E-state index contributed by atoms with van der Waals surface area (Å²) in [6.07, 6.45) is 0. The molecule has 1 heterocycles. The summed E-state index contributed by atoms with van der Waals surface area (Å²) >= 11 is 6.11. The van der Waals surface area contributed by atoms with Crippen molar-refractivity contribution >= 4 is 34.7 Å². The normalized spacial score (nSPS) is 10.4. The topological polar surface area (TPSA) is 76.1 Å². The zero-order valence-corrected chi connectivity index (χ0v) is 16.0. The number of nitrogens with zero attached hydrogens (tertiary/aromatic N) is 2. The van der Waals surface area contributed by atoms with Gasteiger partial charge < -0.3 is 15.4 Å². The summed E-state index contributed by atoms with van der Waals surface area (Å²) in [4.78, 5) is 21.2. The summed E-state index contributed by atoms with van der Waals surface area (Å²) in [6, 6.07) is 14.4. The molecule has 0 aliphatic heterocycles. The molecule has 27 heavy (non-hydrogen) atoms. The summed E-state index contributed by atoms with van der Waals surface area (Å²) < 4.78 is 5.33. The first-order chi connectivity index (χ1) is 13.0. The van der Waals surface area contributed by atoms with E-state index in [-0.39, 0.29) is 11.6 Å². The molecule has 2 aromatic carbocycles. The van der Waals surface area contributed by atoms with Gasteiger partial charge in [0.15, 0.2) is 0 Å². The van der Waals surface area contributed by atoms with Crippen molar-refractivity contribution in [3.63, 3.8) is 0 Å². The fourth-order valence-corrected chi connectivity index (χ4v) is 2.68. The van der Waals surface area contributed by atoms with Crippen LogP contribution in [0.2, 0.25) is 5.02 Å². The summed E-state index contributed by atoms with van der Waals surface area (Å²) in [5, 5.41) is 6.55. The number of carbonyl (C=O) groups is 1. The largest absolute Gasteiger partial charge is 0.495 e. The van der Waals surface area contributed by atoms with Gasteiger partial charge in [0.25, 0.3) is 5.91 Å². The van der Waals surface area contributed by atoms with Gasteiger partial charge in [0.1, 0.15) is 23.1 Å². The van der Waals surface area contributed by atoms with Gasteiger partial charge in [-0.15, -0.1) is 0 Å². The lowest BCUT2D eigenvalue weighted by Gasteiger charge is -2.12. The van der Waals surface area contributed by atoms with E-state index in [1.165, 1.54) is 0 Å². The molecule has 2 N–H and O–H groups in total. The van der Waals surface area contributed by atoms with E-state index < -0.39 is 0 Å². The molecule has 0 atom stereocenters. The molecule has 0 saturated carbocycles. The molecule has 1 amide bonds. The SMILES string of the molecule is COc1ccccc1Nc1cc(C(=O)Nc2ccc(C)c(Cl)c2)nc(C)n1. The third-order valence-electron chi connectivity index (χ3n) is 3.87. The Hall–Kier alpha value is -3.12. The zero-order chi connectivity index (χ0) is 19.4. The van der Waals surface area contributed by atoms with Crippen molar-refractivity contribution in [3.8, 4) is 5.75 Å². The van der Waals surface area contributed by atoms with Crippen LogP contribution >= 0.6 is 11.6 Å². The van der Waals surface area contributed by atoms with Crippen LogP contribution in [0, 0.1) is 13.8 Å². The molecule has 0 aliphatic carbocycles. The van der Waals surface area contributed by atoms with Gasteiger partial charge >= 0.3 is 0 Å². The highest BCUT2D eigenvalue weighted by Crippen LogP contribution is 2.26. The van der Waals surface area contributed by atoms with Gasteiger partial charge in [-0.3, -0.25) is 4.79 Å². The summed E-state index contributed by atoms with van der Waals surface area (Å²) in [5.41, 5.74) is 2.54. The standard InChI is InChI=1S/C20H19ClN4O2/c1-12-8-9-14(10-15(12)21)24-20(26)17-11-19(23-13(2)22-17)25-16-6-4-5-7-18(16)27-3/h4-11H,1-3H3,(H,24,26)(H,22,23,25). The smallest absolute Gasteiger partial charge is 0.274 e. The van der Waals surface area contributed by atoms with Gasteiger partial charge in [-0.1, -0.05) is 29.8 Å². The molecule has 138 valence electrons. The van der Waals surface area contributed by atoms with Crippen LogP contribution in [0.4, 0.5) is 17.2 Å². The van der Waals surface area contributed by atoms with Crippen molar-refractivity contribution in [2.45, 2.75) is 13.8 Å². The minimum atomic E-state index is -0.344. The fourth-order valence-electron chi connectivity index (χ4n) is 2.50. The Balaban J connectivity index is 1.84. The number of aryl methyl sites for hydroxylation is 2. The molecule has 0 radical (unpaired) electrons. The third kappa shape index (κ3) is 4.54. The van der Waals surface area contributed by atoms with Crippen molar-refractivity contribution in [2.75, 3.05) is 17.7 Å². The molecule has 0 bridgehead atoms. The molecule has 0 unspecified atom stereocenters. The highest BCUT2D eigenvalue weighted by atomic mass is 35.5. The number of nitrogens with one attached hydrogen (secondary N) is 2. The summed E-state index contributed by atoms with van der Waals surface area (Å²) in [7, 11) is 1.59. The second-order valence-corrected chi connectivity index (χ2v) is 6.34. The monoisotopic (exact) mass is 382 g/mol. The van der Waals surface area contributed by atoms with Crippen molar-refractivity contribution in [2.24, 2.45) is 0 Å². The van der Waals surface area contributed by atoms with Crippen LogP contribution in [0.15, 0.2) is 48.5 Å². The van der Waals surface area contributed by atoms with Gasteiger partial charge in [-0.05, 0) is 43.7 Å². The second kappa shape index (κ2) is 8.05. The number of hydrogen-bond acceptors (Lipinski definition) is 5. The van der Waals surface area contributed by atoms with Crippen LogP contribution in [0.25, 0.3) is 0 Å². The number of carbonyl (C=O) groups excluding carboxylic acids is 1. The minimum absolute atomic E-state index is 0.247. The number of hydrogen-bond donors (Lipinski definition) is 2. The van der Waals surface area contributed by atoms with E-state index in [9.17, 15) is 4.79 Å². The van der Waals surface area contributed by atoms with Gasteiger partial charge in [0, 0.05) is 16.8 Å². The first kappa shape index (κ1) is 18.7. The number of halogens is 1. The number of benzene rings is 2. The lowest BCUT2D eigenvalue weighted by Crippen LogP contribution is -2.15. The average Bonchev–Trinajstić information content (AvgIpc) is 2.64. The molecule has 1 aromatic heterocycles. The van der Waals surface area contributed by atoms with Gasteiger partial charge in [0.05, 0.1) is 12.8 Å². The highest BCUT2D eigenvalue weighted by Gasteiger charge is 2.12. The number of rotatable bonds is 5. The maximum Gasteiger partial charge on any atom is 0.274 e. The maximum absolute atomic E-state index is 12.6. The summed E-state index contributed by atoms with van der Waals surface area (Å²) in [6.45, 7) is 3.63. The number of para-hydroxylation sites is 2. The van der Waals surface area contributed by atoms with Crippen molar-refractivity contribution in [1.82, 2.24) is 9.97 Å². The van der Waals surface area contributed by atoms with Crippen molar-refractivity contribution in [1.29, 1.82) is 0 Å². The molecular formula is C20H19ClN4O2. The Labute approximate surface area is 162 Å². The number of anilines is 3. The number of aromatic nitrogens is 2. The molecule has 0 saturated heterocycles. The Bertz CT molecular complexity index is 991. The van der Waals surface area contributed by atoms with Gasteiger partial charge in [-0.25, -0.2) is 9.97 Å². The van der Waals surface area contributed by atoms with Crippen molar-refractivity contribution in [3.05, 3.63) is 70.6 Å². The molecular weight excluding hydrogens is 364 g/mol. The number of methoxy groups -OCH3 is 1. The lowest BCUT2D eigenvalue weighted by atomic mass is 10.2. The minimum Gasteiger partial charge on any atom is -0.495 e. The quantitative estimate of drug-likeness (QED) is 0.665. The highest BCUT2D eigenvalue weighted by molar-refractivity contribution is 6.31. The fraction of sp³-hybridized carbons (Fsp3) is 0.150. The van der Waals surface area contributed by atoms with E-state index in [1.807, 2.05) is 37.3 Å². The van der Waals surface area contributed by atoms with E-state index >= 15 is 0 Å². The van der Waals surface area contributed by atoms with Gasteiger partial charge in [0.2, 0.25) is 0 Å². The van der Waals surface area contributed by atoms with E-state index in [0.29, 0.717) is 28.1 Å². The Morgan fingerprint density at radius 3 is 2.59 bits per heavy atom. The van der Waals surface area contributed by atoms with Crippen LogP contribution in [0.3, 0.4) is 0 Å². The Morgan fingerprint density at radius 1 is 1.07 bits per heavy atom. The average molecular weight is 383 g/mol. The van der Waals surface area contributed by atoms with Gasteiger partial charge in [-0.2, -0.15) is 0 Å². The first-order valence-corrected chi connectivity index (χ1v) is 8.67. The van der Waals surface area contributed by atoms with Crippen LogP contribution in [0.5, 0.6) is 5.75 Å². The maximum atomic E-state index is 12.6. The van der Waals surface area contributed by atoms with E-state index in [0.717, 1.165) is 11.3 Å². The number of amides is 1. The lowest BCUT2D eigenvalue weighted by molar-refractivity contribution is 0.102. The number of ether oxygens (including phenoxy) is 1. The Kier molecular flexibility index (Phi) is 5.57. The van der Waals surface area contributed by atoms with Crippen LogP contribution in [0.1, 0.15) is 21.9 Å². The molecule has 0 aliphatic rings. The molecule has 3 aromatic rings. The van der Waals surface area contributed by atoms with E-state index in [2.05, 4.69) is 20.6 Å². The molecule has 0 fully saturated rings. The van der Waals surface area contributed by atoms with Crippen molar-refractivity contribution < 1.29 is 9.53 Å². The second-order valence-electron chi connectivity index (χ2n) is 5.93. The molecule has 6 nitrogen and oxygen atoms in total. The molecule has 0 spiro atoms. The van der Waals surface area contributed by atoms with Crippen LogP contribution in [-0.4, -0.2) is 23.0 Å². The predicted octanol–water partition coefficient (Wildman–Crippen LogP) is 4.75. The predicted molar refractivity (Wildman–Crippen MR) is 107 cm³/mol. The Morgan fingerprint density at radius 2 is 1.85 bits per heavy atom. The van der Waals surface area contributed by atoms with Crippen LogP contribution < -0.4 is 15.4 Å². The zero-order valence-electron chi connectivity index (χ0n) is 15.2. The first-order valence-electron chi connectivity index (χ1n) is 8.29. The molecule has 7 heteroatoms. The van der Waals surface area contributed by atoms with E-state index in [4.69, 9.17) is 16.3 Å².